The highest BCUT2D eigenvalue weighted by atomic mass is 16.2. The average Bonchev–Trinajstić information content (AvgIpc) is 3.00. The van der Waals surface area contributed by atoms with Crippen molar-refractivity contribution in [3.8, 4) is 0 Å². The van der Waals surface area contributed by atoms with E-state index in [0.29, 0.717) is 26.1 Å². The van der Waals surface area contributed by atoms with Gasteiger partial charge < -0.3 is 10.2 Å². The number of nitrogens with zero attached hydrogens (tertiary/aromatic N) is 1. The van der Waals surface area contributed by atoms with Crippen molar-refractivity contribution in [2.45, 2.75) is 26.3 Å². The van der Waals surface area contributed by atoms with Crippen LogP contribution in [0.25, 0.3) is 0 Å². The number of likely N-dealkylation sites (tertiary alicyclic amines) is 1. The molecule has 1 fully saturated rings. The van der Waals surface area contributed by atoms with Crippen molar-refractivity contribution in [1.29, 1.82) is 0 Å². The van der Waals surface area contributed by atoms with Gasteiger partial charge in [-0.1, -0.05) is 60.2 Å². The van der Waals surface area contributed by atoms with Crippen LogP contribution in [0.15, 0.2) is 54.6 Å². The van der Waals surface area contributed by atoms with Crippen molar-refractivity contribution in [1.82, 2.24) is 10.2 Å². The zero-order valence-electron chi connectivity index (χ0n) is 14.6. The lowest BCUT2D eigenvalue weighted by Crippen LogP contribution is -2.33. The third kappa shape index (κ3) is 4.69. The van der Waals surface area contributed by atoms with Gasteiger partial charge >= 0.3 is 0 Å². The molecule has 4 heteroatoms. The van der Waals surface area contributed by atoms with Crippen LogP contribution < -0.4 is 5.32 Å². The Kier molecular flexibility index (Phi) is 5.49. The Balaban J connectivity index is 1.48. The first-order chi connectivity index (χ1) is 12.1. The largest absolute Gasteiger partial charge is 0.352 e. The maximum absolute atomic E-state index is 12.4. The van der Waals surface area contributed by atoms with E-state index in [0.717, 1.165) is 12.0 Å². The molecule has 0 unspecified atom stereocenters. The maximum Gasteiger partial charge on any atom is 0.225 e. The Morgan fingerprint density at radius 3 is 2.64 bits per heavy atom. The van der Waals surface area contributed by atoms with Crippen LogP contribution in [0.3, 0.4) is 0 Å². The fourth-order valence-corrected chi connectivity index (χ4v) is 3.23. The molecular formula is C21H24N2O2. The molecule has 1 saturated heterocycles. The Morgan fingerprint density at radius 1 is 1.12 bits per heavy atom. The highest BCUT2D eigenvalue weighted by Gasteiger charge is 2.33. The molecular weight excluding hydrogens is 312 g/mol. The number of hydrogen-bond donors (Lipinski definition) is 1. The third-order valence-corrected chi connectivity index (χ3v) is 4.65. The van der Waals surface area contributed by atoms with E-state index in [1.807, 2.05) is 48.2 Å². The molecule has 0 bridgehead atoms. The Hall–Kier alpha value is -2.62. The predicted octanol–water partition coefficient (Wildman–Crippen LogP) is 2.70. The molecule has 0 radical (unpaired) electrons. The number of benzene rings is 2. The minimum absolute atomic E-state index is 0.0305. The van der Waals surface area contributed by atoms with E-state index in [1.165, 1.54) is 11.1 Å². The standard InChI is InChI=1S/C21H24N2O2/c1-16-6-5-9-18(12-16)14-22-21(25)19-13-20(24)23(15-19)11-10-17-7-3-2-4-8-17/h2-9,12,19H,10-11,13-15H2,1H3,(H,22,25)/t19-/m0/s1. The van der Waals surface area contributed by atoms with E-state index < -0.39 is 0 Å². The second-order valence-electron chi connectivity index (χ2n) is 6.68. The number of carbonyl (C=O) groups is 2. The number of aryl methyl sites for hydroxylation is 1. The van der Waals surface area contributed by atoms with Gasteiger partial charge in [0, 0.05) is 26.1 Å². The molecule has 2 aromatic carbocycles. The summed E-state index contributed by atoms with van der Waals surface area (Å²) in [6, 6.07) is 18.2. The number of carbonyl (C=O) groups excluding carboxylic acids is 2. The molecule has 0 spiro atoms. The Labute approximate surface area is 148 Å². The minimum Gasteiger partial charge on any atom is -0.352 e. The molecule has 4 nitrogen and oxygen atoms in total. The maximum atomic E-state index is 12.4. The van der Waals surface area contributed by atoms with Gasteiger partial charge in [-0.3, -0.25) is 9.59 Å². The van der Waals surface area contributed by atoms with Gasteiger partial charge in [0.2, 0.25) is 11.8 Å². The first kappa shape index (κ1) is 17.2. The number of hydrogen-bond acceptors (Lipinski definition) is 2. The average molecular weight is 336 g/mol. The first-order valence-electron chi connectivity index (χ1n) is 8.77. The molecule has 130 valence electrons. The van der Waals surface area contributed by atoms with Crippen molar-refractivity contribution < 1.29 is 9.59 Å². The lowest BCUT2D eigenvalue weighted by Gasteiger charge is -2.16. The van der Waals surface area contributed by atoms with Crippen molar-refractivity contribution >= 4 is 11.8 Å². The van der Waals surface area contributed by atoms with Gasteiger partial charge in [-0.05, 0) is 24.5 Å². The van der Waals surface area contributed by atoms with Crippen LogP contribution in [0.5, 0.6) is 0 Å². The highest BCUT2D eigenvalue weighted by molar-refractivity contribution is 5.89. The van der Waals surface area contributed by atoms with Crippen molar-refractivity contribution in [3.05, 3.63) is 71.3 Å². The van der Waals surface area contributed by atoms with Gasteiger partial charge in [0.15, 0.2) is 0 Å². The van der Waals surface area contributed by atoms with E-state index in [2.05, 4.69) is 23.5 Å². The molecule has 0 aromatic heterocycles. The molecule has 1 aliphatic heterocycles. The molecule has 0 saturated carbocycles. The van der Waals surface area contributed by atoms with Gasteiger partial charge in [-0.2, -0.15) is 0 Å². The van der Waals surface area contributed by atoms with Crippen LogP contribution in [0.1, 0.15) is 23.1 Å². The zero-order valence-corrected chi connectivity index (χ0v) is 14.6. The summed E-state index contributed by atoms with van der Waals surface area (Å²) in [7, 11) is 0. The molecule has 3 rings (SSSR count). The molecule has 1 N–H and O–H groups in total. The molecule has 0 aliphatic carbocycles. The smallest absolute Gasteiger partial charge is 0.225 e. The summed E-state index contributed by atoms with van der Waals surface area (Å²) in [6.45, 7) is 3.73. The Bertz CT molecular complexity index is 743. The van der Waals surface area contributed by atoms with Gasteiger partial charge in [0.25, 0.3) is 0 Å². The van der Waals surface area contributed by atoms with Gasteiger partial charge in [0.05, 0.1) is 5.92 Å². The van der Waals surface area contributed by atoms with E-state index in [4.69, 9.17) is 0 Å². The fourth-order valence-electron chi connectivity index (χ4n) is 3.23. The molecule has 2 aromatic rings. The summed E-state index contributed by atoms with van der Waals surface area (Å²) >= 11 is 0. The SMILES string of the molecule is Cc1cccc(CNC(=O)[C@H]2CC(=O)N(CCc3ccccc3)C2)c1. The second kappa shape index (κ2) is 7.97. The first-order valence-corrected chi connectivity index (χ1v) is 8.77. The molecule has 2 amide bonds. The zero-order chi connectivity index (χ0) is 17.6. The van der Waals surface area contributed by atoms with Crippen molar-refractivity contribution in [2.24, 2.45) is 5.92 Å². The van der Waals surface area contributed by atoms with Crippen LogP contribution in [0.4, 0.5) is 0 Å². The van der Waals surface area contributed by atoms with E-state index >= 15 is 0 Å². The van der Waals surface area contributed by atoms with Gasteiger partial charge in [-0.15, -0.1) is 0 Å². The van der Waals surface area contributed by atoms with Crippen LogP contribution >= 0.6 is 0 Å². The predicted molar refractivity (Wildman–Crippen MR) is 97.9 cm³/mol. The summed E-state index contributed by atoms with van der Waals surface area (Å²) in [5, 5.41) is 2.97. The van der Waals surface area contributed by atoms with Crippen LogP contribution in [0, 0.1) is 12.8 Å². The van der Waals surface area contributed by atoms with Gasteiger partial charge in [0.1, 0.15) is 0 Å². The number of amides is 2. The lowest BCUT2D eigenvalue weighted by atomic mass is 10.1. The second-order valence-corrected chi connectivity index (χ2v) is 6.68. The highest BCUT2D eigenvalue weighted by Crippen LogP contribution is 2.19. The summed E-state index contributed by atoms with van der Waals surface area (Å²) in [4.78, 5) is 26.4. The summed E-state index contributed by atoms with van der Waals surface area (Å²) in [5.41, 5.74) is 3.47. The number of nitrogens with one attached hydrogen (secondary N) is 1. The monoisotopic (exact) mass is 336 g/mol. The molecule has 1 atom stereocenters. The normalized spacial score (nSPS) is 16.9. The lowest BCUT2D eigenvalue weighted by molar-refractivity contribution is -0.129. The van der Waals surface area contributed by atoms with E-state index in [-0.39, 0.29) is 17.7 Å². The van der Waals surface area contributed by atoms with E-state index in [1.54, 1.807) is 0 Å². The minimum atomic E-state index is -0.243. The van der Waals surface area contributed by atoms with Crippen LogP contribution in [-0.4, -0.2) is 29.8 Å². The molecule has 1 aliphatic rings. The third-order valence-electron chi connectivity index (χ3n) is 4.65. The summed E-state index contributed by atoms with van der Waals surface area (Å²) in [5.74, 6) is -0.197. The topological polar surface area (TPSA) is 49.4 Å². The summed E-state index contributed by atoms with van der Waals surface area (Å²) in [6.07, 6.45) is 1.14. The fraction of sp³-hybridized carbons (Fsp3) is 0.333. The summed E-state index contributed by atoms with van der Waals surface area (Å²) < 4.78 is 0. The van der Waals surface area contributed by atoms with Crippen LogP contribution in [0.2, 0.25) is 0 Å². The van der Waals surface area contributed by atoms with Crippen LogP contribution in [-0.2, 0) is 22.6 Å². The van der Waals surface area contributed by atoms with Crippen molar-refractivity contribution in [3.63, 3.8) is 0 Å². The van der Waals surface area contributed by atoms with Gasteiger partial charge in [-0.25, -0.2) is 0 Å². The quantitative estimate of drug-likeness (QED) is 0.882. The van der Waals surface area contributed by atoms with E-state index in [9.17, 15) is 9.59 Å². The molecule has 1 heterocycles. The Morgan fingerprint density at radius 2 is 1.88 bits per heavy atom. The van der Waals surface area contributed by atoms with Crippen molar-refractivity contribution in [2.75, 3.05) is 13.1 Å². The molecule has 25 heavy (non-hydrogen) atoms. The number of rotatable bonds is 6.